The number of carbonyl (C=O) groups excluding carboxylic acids is 1. The third kappa shape index (κ3) is 3.82. The number of rotatable bonds is 6. The van der Waals surface area contributed by atoms with Crippen LogP contribution in [0.2, 0.25) is 0 Å². The summed E-state index contributed by atoms with van der Waals surface area (Å²) in [6, 6.07) is 7.66. The van der Waals surface area contributed by atoms with Gasteiger partial charge in [-0.25, -0.2) is 4.79 Å². The maximum absolute atomic E-state index is 12.5. The zero-order valence-electron chi connectivity index (χ0n) is 14.4. The van der Waals surface area contributed by atoms with Gasteiger partial charge in [0.15, 0.2) is 6.04 Å². The molecule has 1 aromatic carbocycles. The molecule has 0 spiro atoms. The fourth-order valence-electron chi connectivity index (χ4n) is 2.73. The molecule has 0 aliphatic carbocycles. The lowest BCUT2D eigenvalue weighted by molar-refractivity contribution is -0.142. The van der Waals surface area contributed by atoms with Gasteiger partial charge in [0.2, 0.25) is 5.91 Å². The van der Waals surface area contributed by atoms with Crippen molar-refractivity contribution in [2.75, 3.05) is 0 Å². The van der Waals surface area contributed by atoms with Crippen molar-refractivity contribution in [3.8, 4) is 0 Å². The lowest BCUT2D eigenvalue weighted by atomic mass is 9.98. The monoisotopic (exact) mass is 329 g/mol. The number of amides is 1. The SMILES string of the molecule is Cc1nn(C)c(C)c1CC(C)C(=O)N[C@H](C(=O)O)c1ccccc1. The van der Waals surface area contributed by atoms with Gasteiger partial charge in [-0.3, -0.25) is 9.48 Å². The van der Waals surface area contributed by atoms with Gasteiger partial charge < -0.3 is 10.4 Å². The van der Waals surface area contributed by atoms with Crippen molar-refractivity contribution in [1.82, 2.24) is 15.1 Å². The number of aryl methyl sites for hydroxylation is 2. The van der Waals surface area contributed by atoms with E-state index in [1.165, 1.54) is 0 Å². The second-order valence-corrected chi connectivity index (χ2v) is 6.07. The lowest BCUT2D eigenvalue weighted by Gasteiger charge is -2.18. The van der Waals surface area contributed by atoms with Gasteiger partial charge in [0, 0.05) is 18.7 Å². The standard InChI is InChI=1S/C18H23N3O3/c1-11(10-15-12(2)20-21(4)13(15)3)17(22)19-16(18(23)24)14-8-6-5-7-9-14/h5-9,11,16H,10H2,1-4H3,(H,19,22)(H,23,24)/t11?,16-/m0/s1. The van der Waals surface area contributed by atoms with E-state index in [0.717, 1.165) is 17.0 Å². The number of nitrogens with zero attached hydrogens (tertiary/aromatic N) is 2. The van der Waals surface area contributed by atoms with Crippen molar-refractivity contribution in [1.29, 1.82) is 0 Å². The Labute approximate surface area is 141 Å². The Morgan fingerprint density at radius 1 is 1.25 bits per heavy atom. The zero-order chi connectivity index (χ0) is 17.9. The minimum absolute atomic E-state index is 0.283. The summed E-state index contributed by atoms with van der Waals surface area (Å²) in [7, 11) is 1.87. The number of nitrogens with one attached hydrogen (secondary N) is 1. The zero-order valence-corrected chi connectivity index (χ0v) is 14.4. The van der Waals surface area contributed by atoms with Gasteiger partial charge in [-0.2, -0.15) is 5.10 Å². The van der Waals surface area contributed by atoms with Gasteiger partial charge in [0.25, 0.3) is 0 Å². The Balaban J connectivity index is 2.11. The molecule has 0 aliphatic heterocycles. The summed E-state index contributed by atoms with van der Waals surface area (Å²) in [4.78, 5) is 24.0. The Morgan fingerprint density at radius 3 is 2.38 bits per heavy atom. The van der Waals surface area contributed by atoms with Gasteiger partial charge in [-0.1, -0.05) is 37.3 Å². The molecule has 2 rings (SSSR count). The normalized spacial score (nSPS) is 13.3. The van der Waals surface area contributed by atoms with Gasteiger partial charge >= 0.3 is 5.97 Å². The molecule has 1 aromatic heterocycles. The van der Waals surface area contributed by atoms with Crippen LogP contribution in [0.1, 0.15) is 35.5 Å². The van der Waals surface area contributed by atoms with Crippen molar-refractivity contribution in [2.45, 2.75) is 33.2 Å². The van der Waals surface area contributed by atoms with Crippen LogP contribution in [0.5, 0.6) is 0 Å². The number of carboxylic acids is 1. The highest BCUT2D eigenvalue weighted by Crippen LogP contribution is 2.19. The van der Waals surface area contributed by atoms with E-state index < -0.39 is 12.0 Å². The number of hydrogen-bond donors (Lipinski definition) is 2. The molecule has 2 atom stereocenters. The maximum Gasteiger partial charge on any atom is 0.330 e. The number of benzene rings is 1. The second kappa shape index (κ2) is 7.29. The van der Waals surface area contributed by atoms with Crippen LogP contribution < -0.4 is 5.32 Å². The van der Waals surface area contributed by atoms with Gasteiger partial charge in [0.1, 0.15) is 0 Å². The number of hydrogen-bond acceptors (Lipinski definition) is 3. The topological polar surface area (TPSA) is 84.2 Å². The highest BCUT2D eigenvalue weighted by molar-refractivity contribution is 5.85. The Morgan fingerprint density at radius 2 is 1.88 bits per heavy atom. The highest BCUT2D eigenvalue weighted by Gasteiger charge is 2.25. The fourth-order valence-corrected chi connectivity index (χ4v) is 2.73. The average molecular weight is 329 g/mol. The number of carboxylic acid groups (broad SMARTS) is 1. The molecule has 0 radical (unpaired) electrons. The maximum atomic E-state index is 12.5. The van der Waals surface area contributed by atoms with E-state index in [0.29, 0.717) is 12.0 Å². The van der Waals surface area contributed by atoms with Crippen LogP contribution >= 0.6 is 0 Å². The van der Waals surface area contributed by atoms with E-state index in [2.05, 4.69) is 10.4 Å². The predicted molar refractivity (Wildman–Crippen MR) is 90.5 cm³/mol. The Hall–Kier alpha value is -2.63. The largest absolute Gasteiger partial charge is 0.479 e. The van der Waals surface area contributed by atoms with E-state index in [-0.39, 0.29) is 11.8 Å². The van der Waals surface area contributed by atoms with Gasteiger partial charge in [-0.15, -0.1) is 0 Å². The molecular weight excluding hydrogens is 306 g/mol. The first-order valence-corrected chi connectivity index (χ1v) is 7.88. The van der Waals surface area contributed by atoms with Crippen LogP contribution in [0.3, 0.4) is 0 Å². The molecule has 0 saturated heterocycles. The van der Waals surface area contributed by atoms with E-state index in [4.69, 9.17) is 0 Å². The first-order chi connectivity index (χ1) is 11.3. The molecule has 24 heavy (non-hydrogen) atoms. The number of aromatic nitrogens is 2. The van der Waals surface area contributed by atoms with Crippen molar-refractivity contribution < 1.29 is 14.7 Å². The van der Waals surface area contributed by atoms with Crippen molar-refractivity contribution in [3.05, 3.63) is 52.8 Å². The minimum atomic E-state index is -1.07. The minimum Gasteiger partial charge on any atom is -0.479 e. The fraction of sp³-hybridized carbons (Fsp3) is 0.389. The smallest absolute Gasteiger partial charge is 0.330 e. The van der Waals surface area contributed by atoms with E-state index in [1.54, 1.807) is 41.9 Å². The van der Waals surface area contributed by atoms with Crippen LogP contribution in [0.15, 0.2) is 30.3 Å². The third-order valence-electron chi connectivity index (χ3n) is 4.28. The van der Waals surface area contributed by atoms with Gasteiger partial charge in [0.05, 0.1) is 5.69 Å². The van der Waals surface area contributed by atoms with E-state index in [9.17, 15) is 14.7 Å². The van der Waals surface area contributed by atoms with Gasteiger partial charge in [-0.05, 0) is 31.4 Å². The molecule has 0 fully saturated rings. The molecule has 0 aliphatic rings. The van der Waals surface area contributed by atoms with Crippen LogP contribution in [-0.2, 0) is 23.1 Å². The Bertz CT molecular complexity index is 737. The summed E-state index contributed by atoms with van der Waals surface area (Å²) in [5, 5.41) is 16.4. The number of carbonyl (C=O) groups is 2. The van der Waals surface area contributed by atoms with Crippen molar-refractivity contribution in [3.63, 3.8) is 0 Å². The van der Waals surface area contributed by atoms with Crippen molar-refractivity contribution in [2.24, 2.45) is 13.0 Å². The number of aliphatic carboxylic acids is 1. The summed E-state index contributed by atoms with van der Waals surface area (Å²) in [5.74, 6) is -1.71. The molecular formula is C18H23N3O3. The van der Waals surface area contributed by atoms with Crippen molar-refractivity contribution >= 4 is 11.9 Å². The molecule has 1 unspecified atom stereocenters. The van der Waals surface area contributed by atoms with Crippen LogP contribution in [0.4, 0.5) is 0 Å². The molecule has 128 valence electrons. The summed E-state index contributed by atoms with van der Waals surface area (Å²) in [6.07, 6.45) is 0.526. The second-order valence-electron chi connectivity index (χ2n) is 6.07. The lowest BCUT2D eigenvalue weighted by Crippen LogP contribution is -2.37. The molecule has 1 amide bonds. The molecule has 6 heteroatoms. The quantitative estimate of drug-likeness (QED) is 0.850. The Kier molecular flexibility index (Phi) is 5.39. The summed E-state index contributed by atoms with van der Waals surface area (Å²) >= 11 is 0. The first kappa shape index (κ1) is 17.7. The molecule has 2 N–H and O–H groups in total. The highest BCUT2D eigenvalue weighted by atomic mass is 16.4. The summed E-state index contributed by atoms with van der Waals surface area (Å²) in [6.45, 7) is 5.67. The van der Waals surface area contributed by atoms with Crippen LogP contribution in [0.25, 0.3) is 0 Å². The average Bonchev–Trinajstić information content (AvgIpc) is 2.79. The van der Waals surface area contributed by atoms with Crippen LogP contribution in [0, 0.1) is 19.8 Å². The molecule has 1 heterocycles. The molecule has 2 aromatic rings. The summed E-state index contributed by atoms with van der Waals surface area (Å²) < 4.78 is 1.79. The predicted octanol–water partition coefficient (Wildman–Crippen LogP) is 2.16. The third-order valence-corrected chi connectivity index (χ3v) is 4.28. The first-order valence-electron chi connectivity index (χ1n) is 7.88. The van der Waals surface area contributed by atoms with Crippen LogP contribution in [-0.4, -0.2) is 26.8 Å². The molecule has 6 nitrogen and oxygen atoms in total. The molecule has 0 saturated carbocycles. The molecule has 0 bridgehead atoms. The van der Waals surface area contributed by atoms with E-state index in [1.807, 2.05) is 20.9 Å². The summed E-state index contributed by atoms with van der Waals surface area (Å²) in [5.41, 5.74) is 3.50. The van der Waals surface area contributed by atoms with E-state index >= 15 is 0 Å².